The Morgan fingerprint density at radius 2 is 2.22 bits per heavy atom. The largest absolute Gasteiger partial charge is 0.491 e. The molecule has 1 aromatic carbocycles. The van der Waals surface area contributed by atoms with Crippen molar-refractivity contribution in [1.29, 1.82) is 0 Å². The Labute approximate surface area is 103 Å². The van der Waals surface area contributed by atoms with E-state index in [1.165, 1.54) is 6.07 Å². The van der Waals surface area contributed by atoms with Gasteiger partial charge in [0, 0.05) is 5.39 Å². The van der Waals surface area contributed by atoms with Gasteiger partial charge in [0.1, 0.15) is 11.3 Å². The first-order chi connectivity index (χ1) is 8.63. The fourth-order valence-electron chi connectivity index (χ4n) is 1.70. The second kappa shape index (κ2) is 4.91. The molecule has 0 fully saturated rings. The van der Waals surface area contributed by atoms with Crippen molar-refractivity contribution in [3.05, 3.63) is 40.2 Å². The van der Waals surface area contributed by atoms with Crippen LogP contribution in [0.5, 0.6) is 5.75 Å². The molecule has 1 heterocycles. The van der Waals surface area contributed by atoms with Crippen molar-refractivity contribution >= 4 is 16.9 Å². The third-order valence-electron chi connectivity index (χ3n) is 2.53. The van der Waals surface area contributed by atoms with Crippen molar-refractivity contribution in [2.45, 2.75) is 13.3 Å². The van der Waals surface area contributed by atoms with Crippen LogP contribution in [0.4, 0.5) is 0 Å². The molecule has 1 aromatic heterocycles. The zero-order chi connectivity index (χ0) is 13.1. The number of carboxylic acid groups (broad SMARTS) is 1. The first kappa shape index (κ1) is 12.2. The summed E-state index contributed by atoms with van der Waals surface area (Å²) in [5.41, 5.74) is -0.362. The number of aromatic nitrogens is 1. The zero-order valence-corrected chi connectivity index (χ0v) is 9.90. The molecular weight excluding hydrogens is 234 g/mol. The molecule has 2 rings (SSSR count). The van der Waals surface area contributed by atoms with E-state index in [0.29, 0.717) is 23.3 Å². The summed E-state index contributed by atoms with van der Waals surface area (Å²) >= 11 is 0. The molecule has 0 bridgehead atoms. The maximum atomic E-state index is 11.6. The van der Waals surface area contributed by atoms with Crippen molar-refractivity contribution in [3.63, 3.8) is 0 Å². The maximum absolute atomic E-state index is 11.6. The Morgan fingerprint density at radius 1 is 1.44 bits per heavy atom. The Balaban J connectivity index is 2.61. The van der Waals surface area contributed by atoms with Gasteiger partial charge >= 0.3 is 5.97 Å². The number of benzene rings is 1. The number of para-hydroxylation sites is 1. The summed E-state index contributed by atoms with van der Waals surface area (Å²) in [6.07, 6.45) is 0.855. The van der Waals surface area contributed by atoms with Crippen molar-refractivity contribution < 1.29 is 14.6 Å². The molecule has 0 unspecified atom stereocenters. The molecule has 18 heavy (non-hydrogen) atoms. The molecule has 0 radical (unpaired) electrons. The Hall–Kier alpha value is -2.30. The molecule has 0 aliphatic rings. The number of rotatable bonds is 4. The lowest BCUT2D eigenvalue weighted by atomic mass is 10.1. The number of fused-ring (bicyclic) bond motifs is 1. The van der Waals surface area contributed by atoms with Gasteiger partial charge in [-0.3, -0.25) is 4.79 Å². The quantitative estimate of drug-likeness (QED) is 0.866. The summed E-state index contributed by atoms with van der Waals surface area (Å²) < 4.78 is 5.51. The maximum Gasteiger partial charge on any atom is 0.341 e. The van der Waals surface area contributed by atoms with Crippen LogP contribution in [0.1, 0.15) is 23.7 Å². The van der Waals surface area contributed by atoms with Crippen LogP contribution in [0, 0.1) is 0 Å². The van der Waals surface area contributed by atoms with Gasteiger partial charge in [-0.15, -0.1) is 0 Å². The van der Waals surface area contributed by atoms with E-state index in [-0.39, 0.29) is 5.56 Å². The minimum absolute atomic E-state index is 0.268. The first-order valence-corrected chi connectivity index (χ1v) is 5.65. The minimum Gasteiger partial charge on any atom is -0.491 e. The average molecular weight is 247 g/mol. The molecule has 5 heteroatoms. The van der Waals surface area contributed by atoms with E-state index in [0.717, 1.165) is 6.42 Å². The van der Waals surface area contributed by atoms with Crippen LogP contribution in [0.3, 0.4) is 0 Å². The topological polar surface area (TPSA) is 79.4 Å². The Kier molecular flexibility index (Phi) is 3.32. The number of H-pyrrole nitrogens is 1. The van der Waals surface area contributed by atoms with Crippen LogP contribution in [0.2, 0.25) is 0 Å². The van der Waals surface area contributed by atoms with E-state index in [4.69, 9.17) is 9.84 Å². The lowest BCUT2D eigenvalue weighted by Crippen LogP contribution is -2.17. The molecule has 5 nitrogen and oxygen atoms in total. The molecule has 0 saturated carbocycles. The van der Waals surface area contributed by atoms with Gasteiger partial charge in [0.2, 0.25) is 0 Å². The summed E-state index contributed by atoms with van der Waals surface area (Å²) in [6.45, 7) is 2.53. The first-order valence-electron chi connectivity index (χ1n) is 5.65. The summed E-state index contributed by atoms with van der Waals surface area (Å²) in [4.78, 5) is 25.0. The van der Waals surface area contributed by atoms with Gasteiger partial charge in [-0.25, -0.2) is 4.79 Å². The number of carboxylic acids is 1. The normalized spacial score (nSPS) is 10.5. The van der Waals surface area contributed by atoms with Crippen LogP contribution in [0.15, 0.2) is 29.1 Å². The number of ether oxygens (including phenoxy) is 1. The van der Waals surface area contributed by atoms with E-state index in [9.17, 15) is 9.59 Å². The van der Waals surface area contributed by atoms with Crippen LogP contribution in [-0.2, 0) is 0 Å². The molecule has 2 aromatic rings. The monoisotopic (exact) mass is 247 g/mol. The van der Waals surface area contributed by atoms with Crippen molar-refractivity contribution in [2.24, 2.45) is 0 Å². The minimum atomic E-state index is -1.24. The highest BCUT2D eigenvalue weighted by molar-refractivity contribution is 5.93. The summed E-state index contributed by atoms with van der Waals surface area (Å²) in [7, 11) is 0. The van der Waals surface area contributed by atoms with E-state index in [1.807, 2.05) is 6.92 Å². The fourth-order valence-corrected chi connectivity index (χ4v) is 1.70. The molecule has 0 aliphatic heterocycles. The number of carbonyl (C=O) groups is 1. The SMILES string of the molecule is CCCOc1cccc2cc(C(=O)O)c(=O)[nH]c12. The highest BCUT2D eigenvalue weighted by Gasteiger charge is 2.11. The van der Waals surface area contributed by atoms with Gasteiger partial charge < -0.3 is 14.8 Å². The van der Waals surface area contributed by atoms with Gasteiger partial charge in [-0.1, -0.05) is 19.1 Å². The van der Waals surface area contributed by atoms with Gasteiger partial charge in [0.25, 0.3) is 5.56 Å². The van der Waals surface area contributed by atoms with Gasteiger partial charge in [-0.2, -0.15) is 0 Å². The van der Waals surface area contributed by atoms with E-state index in [1.54, 1.807) is 18.2 Å². The van der Waals surface area contributed by atoms with Gasteiger partial charge in [-0.05, 0) is 18.6 Å². The fraction of sp³-hybridized carbons (Fsp3) is 0.231. The molecule has 0 amide bonds. The van der Waals surface area contributed by atoms with Crippen molar-refractivity contribution in [1.82, 2.24) is 4.98 Å². The van der Waals surface area contributed by atoms with Crippen molar-refractivity contribution in [3.8, 4) is 5.75 Å². The van der Waals surface area contributed by atoms with Crippen LogP contribution in [-0.4, -0.2) is 22.7 Å². The second-order valence-electron chi connectivity index (χ2n) is 3.89. The summed E-state index contributed by atoms with van der Waals surface area (Å²) in [5, 5.41) is 9.52. The number of pyridine rings is 1. The zero-order valence-electron chi connectivity index (χ0n) is 9.90. The smallest absolute Gasteiger partial charge is 0.341 e. The highest BCUT2D eigenvalue weighted by atomic mass is 16.5. The highest BCUT2D eigenvalue weighted by Crippen LogP contribution is 2.23. The summed E-state index contributed by atoms with van der Waals surface area (Å²) in [5.74, 6) is -0.679. The lowest BCUT2D eigenvalue weighted by Gasteiger charge is -2.08. The molecule has 94 valence electrons. The predicted octanol–water partition coefficient (Wildman–Crippen LogP) is 2.02. The molecule has 0 spiro atoms. The van der Waals surface area contributed by atoms with Gasteiger partial charge in [0.05, 0.1) is 12.1 Å². The second-order valence-corrected chi connectivity index (χ2v) is 3.89. The third kappa shape index (κ3) is 2.20. The molecule has 0 atom stereocenters. The molecule has 2 N–H and O–H groups in total. The Morgan fingerprint density at radius 3 is 2.89 bits per heavy atom. The third-order valence-corrected chi connectivity index (χ3v) is 2.53. The number of aromatic carboxylic acids is 1. The number of aromatic amines is 1. The molecule has 0 aliphatic carbocycles. The lowest BCUT2D eigenvalue weighted by molar-refractivity contribution is 0.0695. The summed E-state index contributed by atoms with van der Waals surface area (Å²) in [6, 6.07) is 6.59. The number of hydrogen-bond acceptors (Lipinski definition) is 3. The van der Waals surface area contributed by atoms with E-state index in [2.05, 4.69) is 4.98 Å². The van der Waals surface area contributed by atoms with Crippen LogP contribution >= 0.6 is 0 Å². The standard InChI is InChI=1S/C13H13NO4/c1-2-6-18-10-5-3-4-8-7-9(13(16)17)12(15)14-11(8)10/h3-5,7H,2,6H2,1H3,(H,14,15)(H,16,17). The number of nitrogens with one attached hydrogen (secondary N) is 1. The van der Waals surface area contributed by atoms with Crippen LogP contribution < -0.4 is 10.3 Å². The van der Waals surface area contributed by atoms with E-state index >= 15 is 0 Å². The van der Waals surface area contributed by atoms with Crippen molar-refractivity contribution in [2.75, 3.05) is 6.61 Å². The van der Waals surface area contributed by atoms with E-state index < -0.39 is 11.5 Å². The average Bonchev–Trinajstić information content (AvgIpc) is 2.35. The molecule has 0 saturated heterocycles. The number of hydrogen-bond donors (Lipinski definition) is 2. The Bertz CT molecular complexity index is 645. The van der Waals surface area contributed by atoms with Crippen LogP contribution in [0.25, 0.3) is 10.9 Å². The molecular formula is C13H13NO4. The van der Waals surface area contributed by atoms with Gasteiger partial charge in [0.15, 0.2) is 0 Å². The predicted molar refractivity (Wildman–Crippen MR) is 67.3 cm³/mol.